The third-order valence-electron chi connectivity index (χ3n) is 3.78. The summed E-state index contributed by atoms with van der Waals surface area (Å²) in [5.41, 5.74) is 1.82. The smallest absolute Gasteiger partial charge is 0.252 e. The molecule has 0 aromatic heterocycles. The van der Waals surface area contributed by atoms with E-state index in [0.29, 0.717) is 11.1 Å². The summed E-state index contributed by atoms with van der Waals surface area (Å²) in [6, 6.07) is 12.8. The predicted octanol–water partition coefficient (Wildman–Crippen LogP) is 3.55. The third-order valence-corrected chi connectivity index (χ3v) is 5.82. The van der Waals surface area contributed by atoms with Crippen molar-refractivity contribution in [2.75, 3.05) is 5.75 Å². The number of nitrogens with one attached hydrogen (secondary N) is 1. The Morgan fingerprint density at radius 3 is 2.08 bits per heavy atom. The Morgan fingerprint density at radius 2 is 1.54 bits per heavy atom. The van der Waals surface area contributed by atoms with Crippen LogP contribution in [0.4, 0.5) is 0 Å². The number of rotatable bonds is 7. The molecule has 0 saturated carbocycles. The Morgan fingerprint density at radius 1 is 1.00 bits per heavy atom. The van der Waals surface area contributed by atoms with Gasteiger partial charge >= 0.3 is 0 Å². The normalized spacial score (nSPS) is 12.4. The molecule has 7 heteroatoms. The summed E-state index contributed by atoms with van der Waals surface area (Å²) in [6.07, 6.45) is -0.105. The maximum atomic E-state index is 12.3. The second-order valence-corrected chi connectivity index (χ2v) is 9.95. The van der Waals surface area contributed by atoms with Crippen molar-refractivity contribution < 1.29 is 18.0 Å². The fourth-order valence-corrected chi connectivity index (χ4v) is 3.83. The zero-order valence-electron chi connectivity index (χ0n) is 14.5. The zero-order chi connectivity index (χ0) is 19.3. The molecule has 26 heavy (non-hydrogen) atoms. The molecule has 1 N–H and O–H groups in total. The predicted molar refractivity (Wildman–Crippen MR) is 110 cm³/mol. The summed E-state index contributed by atoms with van der Waals surface area (Å²) in [6.45, 7) is 3.73. The van der Waals surface area contributed by atoms with Gasteiger partial charge in [-0.25, -0.2) is 8.42 Å². The van der Waals surface area contributed by atoms with Crippen molar-refractivity contribution in [3.63, 3.8) is 0 Å². The van der Waals surface area contributed by atoms with E-state index in [4.69, 9.17) is 0 Å². The van der Waals surface area contributed by atoms with Gasteiger partial charge in [0.1, 0.15) is 0 Å². The Bertz CT molecular complexity index is 888. The molecule has 0 heterocycles. The molecule has 2 aromatic rings. The largest absolute Gasteiger partial charge is 0.341 e. The van der Waals surface area contributed by atoms with Gasteiger partial charge in [0.05, 0.1) is 14.7 Å². The number of aryl methyl sites for hydroxylation is 1. The molecular weight excluding hydrogens is 465 g/mol. The lowest BCUT2D eigenvalue weighted by atomic mass is 10.1. The van der Waals surface area contributed by atoms with E-state index >= 15 is 0 Å². The average Bonchev–Trinajstić information content (AvgIpc) is 2.59. The van der Waals surface area contributed by atoms with Crippen LogP contribution in [0.25, 0.3) is 0 Å². The van der Waals surface area contributed by atoms with Crippen LogP contribution < -0.4 is 5.32 Å². The van der Waals surface area contributed by atoms with Gasteiger partial charge in [0.15, 0.2) is 15.6 Å². The van der Waals surface area contributed by atoms with E-state index in [-0.39, 0.29) is 32.8 Å². The van der Waals surface area contributed by atoms with E-state index in [1.807, 2.05) is 13.8 Å². The van der Waals surface area contributed by atoms with Crippen molar-refractivity contribution in [2.24, 2.45) is 0 Å². The molecule has 0 aliphatic carbocycles. The van der Waals surface area contributed by atoms with Gasteiger partial charge < -0.3 is 5.32 Å². The number of Topliss-reactive ketones (excluding diaryl/α,β-unsaturated/α-hetero) is 1. The summed E-state index contributed by atoms with van der Waals surface area (Å²) >= 11 is 2.08. The van der Waals surface area contributed by atoms with Crippen molar-refractivity contribution in [3.8, 4) is 0 Å². The van der Waals surface area contributed by atoms with Crippen molar-refractivity contribution in [2.45, 2.75) is 29.2 Å². The van der Waals surface area contributed by atoms with Crippen LogP contribution in [0, 0.1) is 6.92 Å². The molecule has 1 atom stereocenters. The number of carbonyl (C=O) groups is 2. The fourth-order valence-electron chi connectivity index (χ4n) is 2.31. The molecule has 0 aliphatic heterocycles. The summed E-state index contributed by atoms with van der Waals surface area (Å²) < 4.78 is 24.6. The first-order valence-corrected chi connectivity index (χ1v) is 11.0. The fraction of sp³-hybridized carbons (Fsp3) is 0.263. The lowest BCUT2D eigenvalue weighted by Crippen LogP contribution is -2.28. The maximum absolute atomic E-state index is 12.3. The second-order valence-electron chi connectivity index (χ2n) is 5.97. The number of hydrogen-bond donors (Lipinski definition) is 1. The van der Waals surface area contributed by atoms with Crippen LogP contribution in [0.2, 0.25) is 0 Å². The van der Waals surface area contributed by atoms with Gasteiger partial charge in [-0.05, 0) is 38.1 Å². The van der Waals surface area contributed by atoms with Crippen LogP contribution in [0.3, 0.4) is 0 Å². The Labute approximate surface area is 167 Å². The molecular formula is C19H20INO4S. The van der Waals surface area contributed by atoms with E-state index in [0.717, 1.165) is 5.56 Å². The number of halogens is 1. The van der Waals surface area contributed by atoms with Gasteiger partial charge in [-0.1, -0.05) is 52.4 Å². The van der Waals surface area contributed by atoms with Crippen LogP contribution in [-0.4, -0.2) is 29.9 Å². The van der Waals surface area contributed by atoms with Crippen molar-refractivity contribution in [1.29, 1.82) is 0 Å². The van der Waals surface area contributed by atoms with E-state index < -0.39 is 9.84 Å². The lowest BCUT2D eigenvalue weighted by Gasteiger charge is -2.08. The maximum Gasteiger partial charge on any atom is 0.252 e. The third kappa shape index (κ3) is 5.63. The number of sulfone groups is 1. The second kappa shape index (κ2) is 8.77. The number of alkyl halides is 1. The first-order chi connectivity index (χ1) is 12.2. The summed E-state index contributed by atoms with van der Waals surface area (Å²) in [4.78, 5) is 24.4. The van der Waals surface area contributed by atoms with Crippen molar-refractivity contribution in [1.82, 2.24) is 5.32 Å². The van der Waals surface area contributed by atoms with Gasteiger partial charge in [-0.2, -0.15) is 0 Å². The van der Waals surface area contributed by atoms with Gasteiger partial charge in [0.25, 0.3) is 5.91 Å². The molecule has 0 saturated heterocycles. The molecule has 5 nitrogen and oxygen atoms in total. The average molecular weight is 485 g/mol. The number of hydrogen-bond acceptors (Lipinski definition) is 4. The first kappa shape index (κ1) is 20.6. The molecule has 138 valence electrons. The van der Waals surface area contributed by atoms with Crippen LogP contribution in [0.15, 0.2) is 53.4 Å². The lowest BCUT2D eigenvalue weighted by molar-refractivity contribution is 0.0950. The first-order valence-electron chi connectivity index (χ1n) is 8.06. The highest BCUT2D eigenvalue weighted by molar-refractivity contribution is 14.1. The monoisotopic (exact) mass is 485 g/mol. The quantitative estimate of drug-likeness (QED) is 0.282. The molecule has 1 unspecified atom stereocenters. The van der Waals surface area contributed by atoms with Crippen LogP contribution >= 0.6 is 22.6 Å². The Kier molecular flexibility index (Phi) is 6.94. The minimum absolute atomic E-state index is 0.00612. The summed E-state index contributed by atoms with van der Waals surface area (Å²) in [5, 5.41) is 2.76. The summed E-state index contributed by atoms with van der Waals surface area (Å²) in [5.74, 6) is -0.730. The molecule has 0 radical (unpaired) electrons. The van der Waals surface area contributed by atoms with Gasteiger partial charge in [-0.15, -0.1) is 0 Å². The van der Waals surface area contributed by atoms with Crippen molar-refractivity contribution in [3.05, 3.63) is 65.2 Å². The van der Waals surface area contributed by atoms with Gasteiger partial charge in [0, 0.05) is 17.5 Å². The van der Waals surface area contributed by atoms with E-state index in [1.54, 1.807) is 48.5 Å². The number of amides is 1. The van der Waals surface area contributed by atoms with Gasteiger partial charge in [-0.3, -0.25) is 9.59 Å². The Hall–Kier alpha value is -1.74. The highest BCUT2D eigenvalue weighted by Gasteiger charge is 2.17. The minimum Gasteiger partial charge on any atom is -0.341 e. The topological polar surface area (TPSA) is 80.3 Å². The van der Waals surface area contributed by atoms with E-state index in [9.17, 15) is 18.0 Å². The van der Waals surface area contributed by atoms with Crippen LogP contribution in [-0.2, 0) is 9.84 Å². The number of ketones is 1. The number of carbonyl (C=O) groups excluding carboxylic acids is 2. The highest BCUT2D eigenvalue weighted by Crippen LogP contribution is 2.15. The van der Waals surface area contributed by atoms with Crippen molar-refractivity contribution >= 4 is 44.1 Å². The molecule has 0 aliphatic rings. The summed E-state index contributed by atoms with van der Waals surface area (Å²) in [7, 11) is -3.50. The minimum atomic E-state index is -3.50. The van der Waals surface area contributed by atoms with E-state index in [2.05, 4.69) is 27.9 Å². The molecule has 0 fully saturated rings. The molecule has 2 rings (SSSR count). The standard InChI is InChI=1S/C19H20INO4S/c1-13-3-9-17(10-4-13)26(24,25)12-11-18(22)15-5-7-16(8-6-15)19(23)21-14(2)20/h3-10,14H,11-12H2,1-2H3,(H,21,23). The highest BCUT2D eigenvalue weighted by atomic mass is 127. The molecule has 1 amide bonds. The SMILES string of the molecule is Cc1ccc(S(=O)(=O)CCC(=O)c2ccc(C(=O)NC(C)I)cc2)cc1. The molecule has 0 spiro atoms. The van der Waals surface area contributed by atoms with Crippen LogP contribution in [0.1, 0.15) is 39.6 Å². The number of benzene rings is 2. The van der Waals surface area contributed by atoms with Crippen LogP contribution in [0.5, 0.6) is 0 Å². The zero-order valence-corrected chi connectivity index (χ0v) is 17.5. The molecule has 2 aromatic carbocycles. The van der Waals surface area contributed by atoms with Gasteiger partial charge in [0.2, 0.25) is 0 Å². The molecule has 0 bridgehead atoms. The Balaban J connectivity index is 2.01. The van der Waals surface area contributed by atoms with E-state index in [1.165, 1.54) is 0 Å².